The maximum absolute atomic E-state index is 12.4. The molecule has 0 saturated heterocycles. The molecule has 3 rings (SSSR count). The molecule has 0 saturated carbocycles. The molecular weight excluding hydrogens is 498 g/mol. The third kappa shape index (κ3) is 5.98. The lowest BCUT2D eigenvalue weighted by atomic mass is 10.0. The first-order valence-electron chi connectivity index (χ1n) is 9.33. The SMILES string of the molecule is NC(CNC(=O)c1ccc(-c2ccccc2S(N)(=O)=O)cc1)C(=O)Nc1ccc(Br)cn1. The van der Waals surface area contributed by atoms with Gasteiger partial charge in [-0.15, -0.1) is 0 Å². The summed E-state index contributed by atoms with van der Waals surface area (Å²) in [6.45, 7) is -0.0861. The summed E-state index contributed by atoms with van der Waals surface area (Å²) >= 11 is 3.25. The average molecular weight is 518 g/mol. The fraction of sp³-hybridized carbons (Fsp3) is 0.0952. The molecule has 2 aromatic carbocycles. The van der Waals surface area contributed by atoms with E-state index >= 15 is 0 Å². The maximum Gasteiger partial charge on any atom is 0.251 e. The molecule has 1 aromatic heterocycles. The van der Waals surface area contributed by atoms with Crippen molar-refractivity contribution in [2.75, 3.05) is 11.9 Å². The van der Waals surface area contributed by atoms with Crippen molar-refractivity contribution in [1.29, 1.82) is 0 Å². The van der Waals surface area contributed by atoms with Crippen molar-refractivity contribution < 1.29 is 18.0 Å². The minimum absolute atomic E-state index is 0.00514. The molecule has 9 nitrogen and oxygen atoms in total. The van der Waals surface area contributed by atoms with Gasteiger partial charge in [-0.2, -0.15) is 0 Å². The molecule has 32 heavy (non-hydrogen) atoms. The van der Waals surface area contributed by atoms with Gasteiger partial charge in [-0.05, 0) is 51.8 Å². The number of carbonyl (C=O) groups excluding carboxylic acids is 2. The Kier molecular flexibility index (Phi) is 7.36. The number of rotatable bonds is 7. The number of sulfonamides is 1. The van der Waals surface area contributed by atoms with E-state index in [0.29, 0.717) is 22.5 Å². The van der Waals surface area contributed by atoms with Gasteiger partial charge in [0.15, 0.2) is 0 Å². The van der Waals surface area contributed by atoms with Crippen molar-refractivity contribution >= 4 is 43.6 Å². The highest BCUT2D eigenvalue weighted by Crippen LogP contribution is 2.26. The predicted octanol–water partition coefficient (Wildman–Crippen LogP) is 1.85. The number of anilines is 1. The van der Waals surface area contributed by atoms with Crippen LogP contribution in [0.1, 0.15) is 10.4 Å². The third-order valence-corrected chi connectivity index (χ3v) is 5.89. The lowest BCUT2D eigenvalue weighted by molar-refractivity contribution is -0.117. The molecule has 1 atom stereocenters. The van der Waals surface area contributed by atoms with Crippen LogP contribution >= 0.6 is 15.9 Å². The molecule has 3 aromatic rings. The van der Waals surface area contributed by atoms with E-state index in [2.05, 4.69) is 31.5 Å². The van der Waals surface area contributed by atoms with Gasteiger partial charge in [0.2, 0.25) is 15.9 Å². The lowest BCUT2D eigenvalue weighted by Gasteiger charge is -2.13. The Morgan fingerprint density at radius 1 is 1.03 bits per heavy atom. The van der Waals surface area contributed by atoms with Crippen LogP contribution in [0.2, 0.25) is 0 Å². The number of amides is 2. The predicted molar refractivity (Wildman–Crippen MR) is 124 cm³/mol. The molecular formula is C21H20BrN5O4S. The molecule has 1 unspecified atom stereocenters. The van der Waals surface area contributed by atoms with Gasteiger partial charge in [0.05, 0.1) is 4.90 Å². The van der Waals surface area contributed by atoms with Gasteiger partial charge >= 0.3 is 0 Å². The van der Waals surface area contributed by atoms with Crippen LogP contribution in [-0.2, 0) is 14.8 Å². The van der Waals surface area contributed by atoms with E-state index in [1.807, 2.05) is 0 Å². The summed E-state index contributed by atoms with van der Waals surface area (Å²) in [7, 11) is -3.90. The molecule has 166 valence electrons. The maximum atomic E-state index is 12.4. The number of nitrogens with two attached hydrogens (primary N) is 2. The highest BCUT2D eigenvalue weighted by Gasteiger charge is 2.17. The van der Waals surface area contributed by atoms with Crippen LogP contribution in [-0.4, -0.2) is 37.8 Å². The van der Waals surface area contributed by atoms with E-state index in [4.69, 9.17) is 10.9 Å². The summed E-state index contributed by atoms with van der Waals surface area (Å²) in [5.74, 6) is -0.577. The zero-order valence-corrected chi connectivity index (χ0v) is 19.1. The second-order valence-electron chi connectivity index (χ2n) is 6.79. The molecule has 0 aliphatic carbocycles. The Bertz CT molecular complexity index is 1230. The fourth-order valence-corrected chi connectivity index (χ4v) is 3.82. The number of nitrogens with one attached hydrogen (secondary N) is 2. The molecule has 0 aliphatic rings. The summed E-state index contributed by atoms with van der Waals surface area (Å²) in [6, 6.07) is 15.0. The molecule has 11 heteroatoms. The topological polar surface area (TPSA) is 157 Å². The summed E-state index contributed by atoms with van der Waals surface area (Å²) in [6.07, 6.45) is 1.54. The van der Waals surface area contributed by atoms with E-state index in [-0.39, 0.29) is 11.4 Å². The number of nitrogens with zero attached hydrogens (tertiary/aromatic N) is 1. The van der Waals surface area contributed by atoms with Crippen LogP contribution in [0.15, 0.2) is 76.2 Å². The largest absolute Gasteiger partial charge is 0.350 e. The van der Waals surface area contributed by atoms with Crippen molar-refractivity contribution in [1.82, 2.24) is 10.3 Å². The van der Waals surface area contributed by atoms with Gasteiger partial charge in [0.25, 0.3) is 5.91 Å². The summed E-state index contributed by atoms with van der Waals surface area (Å²) in [5.41, 5.74) is 7.19. The first-order valence-corrected chi connectivity index (χ1v) is 11.7. The number of aromatic nitrogens is 1. The summed E-state index contributed by atoms with van der Waals surface area (Å²) < 4.78 is 24.4. The molecule has 0 aliphatic heterocycles. The quantitative estimate of drug-likeness (QED) is 0.374. The smallest absolute Gasteiger partial charge is 0.251 e. The molecule has 1 heterocycles. The third-order valence-electron chi connectivity index (χ3n) is 4.45. The van der Waals surface area contributed by atoms with Crippen LogP contribution in [0.5, 0.6) is 0 Å². The van der Waals surface area contributed by atoms with Crippen molar-refractivity contribution in [3.8, 4) is 11.1 Å². The first-order chi connectivity index (χ1) is 15.1. The van der Waals surface area contributed by atoms with Gasteiger partial charge < -0.3 is 16.4 Å². The van der Waals surface area contributed by atoms with Crippen molar-refractivity contribution in [2.45, 2.75) is 10.9 Å². The van der Waals surface area contributed by atoms with Crippen LogP contribution in [0.3, 0.4) is 0 Å². The number of primary sulfonamides is 1. The van der Waals surface area contributed by atoms with Crippen LogP contribution < -0.4 is 21.5 Å². The highest BCUT2D eigenvalue weighted by molar-refractivity contribution is 9.10. The van der Waals surface area contributed by atoms with Gasteiger partial charge in [-0.25, -0.2) is 18.5 Å². The highest BCUT2D eigenvalue weighted by atomic mass is 79.9. The normalized spacial score (nSPS) is 12.1. The Morgan fingerprint density at radius 2 is 1.72 bits per heavy atom. The van der Waals surface area contributed by atoms with E-state index in [1.165, 1.54) is 12.3 Å². The summed E-state index contributed by atoms with van der Waals surface area (Å²) in [4.78, 5) is 28.6. The number of pyridine rings is 1. The Balaban J connectivity index is 1.62. The Labute approximate surface area is 193 Å². The Hall–Kier alpha value is -3.12. The zero-order chi connectivity index (χ0) is 23.3. The minimum Gasteiger partial charge on any atom is -0.350 e. The lowest BCUT2D eigenvalue weighted by Crippen LogP contribution is -2.45. The number of hydrogen-bond donors (Lipinski definition) is 4. The average Bonchev–Trinajstić information content (AvgIpc) is 2.78. The van der Waals surface area contributed by atoms with Crippen molar-refractivity contribution in [2.24, 2.45) is 10.9 Å². The van der Waals surface area contributed by atoms with E-state index < -0.39 is 27.9 Å². The van der Waals surface area contributed by atoms with Gasteiger partial charge in [-0.1, -0.05) is 30.3 Å². The molecule has 0 fully saturated rings. The molecule has 0 bridgehead atoms. The van der Waals surface area contributed by atoms with E-state index in [1.54, 1.807) is 54.6 Å². The second-order valence-corrected chi connectivity index (χ2v) is 9.23. The van der Waals surface area contributed by atoms with Gasteiger partial charge in [0, 0.05) is 28.3 Å². The van der Waals surface area contributed by atoms with Crippen LogP contribution in [0.4, 0.5) is 5.82 Å². The van der Waals surface area contributed by atoms with Gasteiger partial charge in [-0.3, -0.25) is 9.59 Å². The van der Waals surface area contributed by atoms with E-state index in [9.17, 15) is 18.0 Å². The zero-order valence-electron chi connectivity index (χ0n) is 16.7. The standard InChI is InChI=1S/C21H20BrN5O4S/c22-15-9-10-19(25-11-15)27-21(29)17(23)12-26-20(28)14-7-5-13(6-8-14)16-3-1-2-4-18(16)32(24,30)31/h1-11,17H,12,23H2,(H,26,28)(H2,24,30,31)(H,25,27,29). The Morgan fingerprint density at radius 3 is 2.34 bits per heavy atom. The van der Waals surface area contributed by atoms with Crippen LogP contribution in [0.25, 0.3) is 11.1 Å². The van der Waals surface area contributed by atoms with Crippen LogP contribution in [0, 0.1) is 0 Å². The number of hydrogen-bond acceptors (Lipinski definition) is 6. The summed E-state index contributed by atoms with van der Waals surface area (Å²) in [5, 5.41) is 10.4. The van der Waals surface area contributed by atoms with Crippen molar-refractivity contribution in [3.05, 3.63) is 76.9 Å². The molecule has 6 N–H and O–H groups in total. The monoisotopic (exact) mass is 517 g/mol. The molecule has 0 radical (unpaired) electrons. The van der Waals surface area contributed by atoms with E-state index in [0.717, 1.165) is 4.47 Å². The molecule has 0 spiro atoms. The number of benzene rings is 2. The van der Waals surface area contributed by atoms with Gasteiger partial charge in [0.1, 0.15) is 11.9 Å². The molecule has 2 amide bonds. The van der Waals surface area contributed by atoms with Crippen molar-refractivity contribution in [3.63, 3.8) is 0 Å². The first kappa shape index (κ1) is 23.5. The fourth-order valence-electron chi connectivity index (χ4n) is 2.82. The second kappa shape index (κ2) is 10.0. The minimum atomic E-state index is -3.90. The number of halogens is 1. The number of carbonyl (C=O) groups is 2.